The summed E-state index contributed by atoms with van der Waals surface area (Å²) in [6, 6.07) is 0. The molecule has 0 unspecified atom stereocenters. The number of hydrogen-bond acceptors (Lipinski definition) is 9. The molecular formula is C3H12N12O3. The van der Waals surface area contributed by atoms with Gasteiger partial charge in [-0.1, -0.05) is 10.6 Å². The molecule has 0 aliphatic rings. The van der Waals surface area contributed by atoms with Crippen molar-refractivity contribution in [3.63, 3.8) is 0 Å². The molecule has 0 aliphatic heterocycles. The van der Waals surface area contributed by atoms with Crippen LogP contribution < -0.4 is 38.3 Å². The highest BCUT2D eigenvalue weighted by Gasteiger charge is 2.00. The van der Waals surface area contributed by atoms with Crippen LogP contribution in [0.15, 0.2) is 0 Å². The quantitative estimate of drug-likeness (QED) is 0.0989. The van der Waals surface area contributed by atoms with Gasteiger partial charge >= 0.3 is 5.96 Å². The van der Waals surface area contributed by atoms with Crippen molar-refractivity contribution < 1.29 is 15.0 Å². The van der Waals surface area contributed by atoms with Gasteiger partial charge in [0.15, 0.2) is 5.95 Å². The summed E-state index contributed by atoms with van der Waals surface area (Å²) in [4.78, 5) is 15.0. The number of nitro groups is 1. The second kappa shape index (κ2) is 8.24. The number of hydrogen-bond donors (Lipinski definition) is 6. The Bertz CT molecular complexity index is 380. The van der Waals surface area contributed by atoms with Gasteiger partial charge in [0.25, 0.3) is 0 Å². The van der Waals surface area contributed by atoms with E-state index in [1.54, 1.807) is 0 Å². The number of guanidine groups is 1. The van der Waals surface area contributed by atoms with Crippen molar-refractivity contribution in [2.75, 3.05) is 7.11 Å². The van der Waals surface area contributed by atoms with Crippen molar-refractivity contribution in [3.8, 4) is 0 Å². The third kappa shape index (κ3) is 5.23. The van der Waals surface area contributed by atoms with Gasteiger partial charge in [-0.15, -0.1) is 10.1 Å². The highest BCUT2D eigenvalue weighted by molar-refractivity contribution is 5.72. The van der Waals surface area contributed by atoms with Crippen molar-refractivity contribution in [2.24, 2.45) is 17.5 Å². The molecular weight excluding hydrogens is 252 g/mol. The fourth-order valence-corrected chi connectivity index (χ4v) is 0.549. The van der Waals surface area contributed by atoms with Crippen LogP contribution in [0.2, 0.25) is 0 Å². The van der Waals surface area contributed by atoms with Gasteiger partial charge in [0.2, 0.25) is 0 Å². The summed E-state index contributed by atoms with van der Waals surface area (Å²) in [6.45, 7) is 0. The molecule has 0 aliphatic carbocycles. The fraction of sp³-hybridized carbons (Fsp3) is 0.333. The summed E-state index contributed by atoms with van der Waals surface area (Å²) in [5.74, 6) is 14.4. The van der Waals surface area contributed by atoms with Gasteiger partial charge in [0.05, 0.1) is 7.11 Å². The predicted molar refractivity (Wildman–Crippen MR) is 55.1 cm³/mol. The highest BCUT2D eigenvalue weighted by Crippen LogP contribution is 2.08. The van der Waals surface area contributed by atoms with Gasteiger partial charge in [-0.2, -0.15) is 16.8 Å². The molecule has 1 aromatic heterocycles. The van der Waals surface area contributed by atoms with E-state index in [1.165, 1.54) is 7.11 Å². The number of hydrazine groups is 3. The molecule has 15 heteroatoms. The summed E-state index contributed by atoms with van der Waals surface area (Å²) in [7, 11) is 1.26. The number of aromatic nitrogens is 4. The first-order valence-corrected chi connectivity index (χ1v) is 4.04. The molecule has 0 bridgehead atoms. The Balaban J connectivity index is 0.000000360. The largest absolute Gasteiger partial charge is 0.452 e. The fourth-order valence-electron chi connectivity index (χ4n) is 0.549. The van der Waals surface area contributed by atoms with E-state index in [0.29, 0.717) is 0 Å². The maximum absolute atomic E-state index is 9.81. The topological polar surface area (TPSA) is 226 Å². The molecule has 15 nitrogen and oxygen atoms in total. The van der Waals surface area contributed by atoms with Gasteiger partial charge in [-0.05, 0) is 0 Å². The molecule has 1 aromatic rings. The van der Waals surface area contributed by atoms with E-state index in [1.807, 2.05) is 0 Å². The molecule has 0 saturated heterocycles. The van der Waals surface area contributed by atoms with Crippen LogP contribution in [0.5, 0.6) is 0 Å². The average molecular weight is 264 g/mol. The van der Waals surface area contributed by atoms with Crippen LogP contribution in [0, 0.1) is 10.1 Å². The number of nitrogens with two attached hydrogens (primary N) is 3. The lowest BCUT2D eigenvalue weighted by molar-refractivity contribution is -0.474. The first-order valence-electron chi connectivity index (χ1n) is 4.04. The van der Waals surface area contributed by atoms with Crippen LogP contribution in [0.1, 0.15) is 0 Å². The second-order valence-corrected chi connectivity index (χ2v) is 2.18. The minimum atomic E-state index is -0.915. The Hall–Kier alpha value is -2.94. The van der Waals surface area contributed by atoms with E-state index in [2.05, 4.69) is 41.7 Å². The maximum Gasteiger partial charge on any atom is 0.398 e. The summed E-state index contributed by atoms with van der Waals surface area (Å²) in [6.07, 6.45) is 0. The number of hydrazone groups is 1. The minimum Gasteiger partial charge on any atom is -0.452 e. The Kier molecular flexibility index (Phi) is 6.89. The van der Waals surface area contributed by atoms with E-state index in [9.17, 15) is 10.1 Å². The Labute approximate surface area is 99.3 Å². The molecule has 1 heterocycles. The standard InChI is InChI=1S/C2H3N6O3.CH8N6/c1-11-7-2(3-5-6-7)4-8(9)10;2-5-1(6-3)7-4/h1H3;2-4H2,(H2,5,6,7)/q-1;/p+1. The summed E-state index contributed by atoms with van der Waals surface area (Å²) < 4.78 is 0. The zero-order valence-electron chi connectivity index (χ0n) is 9.14. The molecule has 9 N–H and O–H groups in total. The smallest absolute Gasteiger partial charge is 0.398 e. The average Bonchev–Trinajstić information content (AvgIpc) is 2.78. The normalized spacial score (nSPS) is 8.39. The number of rotatable bonds is 3. The molecule has 1 rings (SSSR count). The first-order chi connectivity index (χ1) is 8.58. The van der Waals surface area contributed by atoms with Crippen molar-refractivity contribution >= 4 is 11.9 Å². The van der Waals surface area contributed by atoms with Gasteiger partial charge in [-0.25, -0.2) is 26.1 Å². The molecule has 0 atom stereocenters. The lowest BCUT2D eigenvalue weighted by atomic mass is 11.1. The Morgan fingerprint density at radius 1 is 1.61 bits per heavy atom. The molecule has 0 fully saturated rings. The van der Waals surface area contributed by atoms with Crippen molar-refractivity contribution in [2.45, 2.75) is 0 Å². The van der Waals surface area contributed by atoms with Crippen LogP contribution in [0.25, 0.3) is 5.43 Å². The molecule has 0 radical (unpaired) electrons. The van der Waals surface area contributed by atoms with Crippen molar-refractivity contribution in [1.82, 2.24) is 31.2 Å². The number of nitrogens with one attached hydrogen (secondary N) is 3. The predicted octanol–water partition coefficient (Wildman–Crippen LogP) is -5.85. The van der Waals surface area contributed by atoms with Crippen LogP contribution in [-0.2, 0) is 0 Å². The summed E-state index contributed by atoms with van der Waals surface area (Å²) >= 11 is 0. The molecule has 102 valence electrons. The Morgan fingerprint density at radius 2 is 2.22 bits per heavy atom. The molecule has 0 spiro atoms. The van der Waals surface area contributed by atoms with E-state index in [-0.39, 0.29) is 11.9 Å². The van der Waals surface area contributed by atoms with Gasteiger partial charge in [0.1, 0.15) is 5.03 Å². The third-order valence-electron chi connectivity index (χ3n) is 1.20. The summed E-state index contributed by atoms with van der Waals surface area (Å²) in [5, 5.41) is 20.5. The summed E-state index contributed by atoms with van der Waals surface area (Å²) in [5.41, 5.74) is 7.11. The van der Waals surface area contributed by atoms with E-state index in [4.69, 9.17) is 17.5 Å². The highest BCUT2D eigenvalue weighted by atomic mass is 16.7. The third-order valence-corrected chi connectivity index (χ3v) is 1.20. The monoisotopic (exact) mass is 264 g/mol. The van der Waals surface area contributed by atoms with Crippen molar-refractivity contribution in [3.05, 3.63) is 15.5 Å². The molecule has 0 amide bonds. The maximum atomic E-state index is 9.81. The van der Waals surface area contributed by atoms with Gasteiger partial charge in [-0.3, -0.25) is 5.84 Å². The lowest BCUT2D eigenvalue weighted by Crippen LogP contribution is -2.86. The van der Waals surface area contributed by atoms with Crippen molar-refractivity contribution in [1.29, 1.82) is 0 Å². The molecule has 0 saturated carbocycles. The zero-order chi connectivity index (χ0) is 14.0. The number of nitrogens with zero attached hydrogens (tertiary/aromatic N) is 6. The lowest BCUT2D eigenvalue weighted by Gasteiger charge is -2.04. The second-order valence-electron chi connectivity index (χ2n) is 2.18. The number of tetrazole rings is 1. The van der Waals surface area contributed by atoms with Gasteiger partial charge in [0, 0.05) is 0 Å². The van der Waals surface area contributed by atoms with Gasteiger partial charge < -0.3 is 4.84 Å². The minimum absolute atomic E-state index is 0.264. The zero-order valence-corrected chi connectivity index (χ0v) is 9.14. The SMILES string of the molecule is COn1nnnc1[N-][N+](=O)[O-].NNC(NN)=[NH+]N. The molecule has 18 heavy (non-hydrogen) atoms. The van der Waals surface area contributed by atoms with E-state index in [0.717, 1.165) is 4.85 Å². The molecule has 0 aromatic carbocycles. The first kappa shape index (κ1) is 15.1. The van der Waals surface area contributed by atoms with Crippen LogP contribution >= 0.6 is 0 Å². The Morgan fingerprint density at radius 3 is 2.56 bits per heavy atom. The van der Waals surface area contributed by atoms with E-state index < -0.39 is 5.03 Å². The van der Waals surface area contributed by atoms with E-state index >= 15 is 0 Å². The van der Waals surface area contributed by atoms with Crippen LogP contribution in [-0.4, -0.2) is 38.5 Å². The van der Waals surface area contributed by atoms with Crippen LogP contribution in [0.3, 0.4) is 0 Å². The van der Waals surface area contributed by atoms with Crippen LogP contribution in [0.4, 0.5) is 5.95 Å².